The minimum Gasteiger partial charge on any atom is -0.342 e. The number of carbonyl (C=O) groups is 2. The first-order chi connectivity index (χ1) is 11.1. The highest BCUT2D eigenvalue weighted by Crippen LogP contribution is 2.12. The van der Waals surface area contributed by atoms with Crippen LogP contribution in [-0.4, -0.2) is 72.3 Å². The van der Waals surface area contributed by atoms with Gasteiger partial charge in [-0.05, 0) is 31.9 Å². The summed E-state index contributed by atoms with van der Waals surface area (Å²) < 4.78 is 0. The van der Waals surface area contributed by atoms with Gasteiger partial charge >= 0.3 is 0 Å². The fourth-order valence-corrected chi connectivity index (χ4v) is 3.33. The van der Waals surface area contributed by atoms with E-state index in [0.29, 0.717) is 19.6 Å². The lowest BCUT2D eigenvalue weighted by molar-refractivity contribution is -0.131. The second-order valence-corrected chi connectivity index (χ2v) is 6.53. The van der Waals surface area contributed by atoms with Crippen LogP contribution in [0, 0.1) is 6.92 Å². The Morgan fingerprint density at radius 1 is 0.957 bits per heavy atom. The summed E-state index contributed by atoms with van der Waals surface area (Å²) in [7, 11) is 0. The van der Waals surface area contributed by atoms with E-state index >= 15 is 0 Å². The molecule has 3 rings (SSSR count). The molecule has 1 aromatic carbocycles. The average Bonchev–Trinajstić information content (AvgIpc) is 3.09. The van der Waals surface area contributed by atoms with Gasteiger partial charge < -0.3 is 9.80 Å². The number of rotatable bonds is 3. The topological polar surface area (TPSA) is 43.9 Å². The van der Waals surface area contributed by atoms with Gasteiger partial charge in [0.1, 0.15) is 0 Å². The summed E-state index contributed by atoms with van der Waals surface area (Å²) in [6.07, 6.45) is 2.26. The van der Waals surface area contributed by atoms with Crippen LogP contribution in [-0.2, 0) is 4.79 Å². The van der Waals surface area contributed by atoms with Gasteiger partial charge in [0.05, 0.1) is 6.54 Å². The van der Waals surface area contributed by atoms with E-state index < -0.39 is 0 Å². The normalized spacial score (nSPS) is 19.2. The molecule has 2 saturated heterocycles. The van der Waals surface area contributed by atoms with Crippen molar-refractivity contribution in [2.24, 2.45) is 0 Å². The number of likely N-dealkylation sites (tertiary alicyclic amines) is 1. The molecule has 0 N–H and O–H groups in total. The van der Waals surface area contributed by atoms with Crippen molar-refractivity contribution in [3.8, 4) is 0 Å². The van der Waals surface area contributed by atoms with E-state index in [4.69, 9.17) is 0 Å². The molecule has 5 heteroatoms. The number of piperazine rings is 1. The third-order valence-corrected chi connectivity index (χ3v) is 4.74. The highest BCUT2D eigenvalue weighted by Gasteiger charge is 2.25. The molecule has 2 aliphatic rings. The van der Waals surface area contributed by atoms with E-state index in [1.54, 1.807) is 0 Å². The maximum Gasteiger partial charge on any atom is 0.253 e. The molecule has 2 fully saturated rings. The number of amides is 2. The van der Waals surface area contributed by atoms with Gasteiger partial charge in [-0.3, -0.25) is 14.5 Å². The van der Waals surface area contributed by atoms with E-state index in [2.05, 4.69) is 4.90 Å². The second kappa shape index (κ2) is 7.13. The molecule has 0 radical (unpaired) electrons. The largest absolute Gasteiger partial charge is 0.342 e. The van der Waals surface area contributed by atoms with E-state index in [9.17, 15) is 9.59 Å². The fourth-order valence-electron chi connectivity index (χ4n) is 3.33. The van der Waals surface area contributed by atoms with E-state index in [0.717, 1.165) is 50.1 Å². The van der Waals surface area contributed by atoms with Crippen molar-refractivity contribution < 1.29 is 9.59 Å². The van der Waals surface area contributed by atoms with Crippen LogP contribution in [0.25, 0.3) is 0 Å². The summed E-state index contributed by atoms with van der Waals surface area (Å²) in [4.78, 5) is 30.7. The molecule has 5 nitrogen and oxygen atoms in total. The lowest BCUT2D eigenvalue weighted by Crippen LogP contribution is -2.51. The number of carbonyl (C=O) groups excluding carboxylic acids is 2. The second-order valence-electron chi connectivity index (χ2n) is 6.53. The maximum absolute atomic E-state index is 12.5. The van der Waals surface area contributed by atoms with Gasteiger partial charge in [-0.15, -0.1) is 0 Å². The molecule has 0 bridgehead atoms. The first kappa shape index (κ1) is 16.0. The molecular formula is C18H25N3O2. The summed E-state index contributed by atoms with van der Waals surface area (Å²) in [6, 6.07) is 7.73. The van der Waals surface area contributed by atoms with E-state index in [-0.39, 0.29) is 11.8 Å². The highest BCUT2D eigenvalue weighted by molar-refractivity contribution is 5.94. The van der Waals surface area contributed by atoms with Crippen molar-refractivity contribution in [1.82, 2.24) is 14.7 Å². The zero-order chi connectivity index (χ0) is 16.2. The molecule has 23 heavy (non-hydrogen) atoms. The van der Waals surface area contributed by atoms with Gasteiger partial charge in [0.2, 0.25) is 5.91 Å². The molecule has 2 heterocycles. The molecule has 0 aliphatic carbocycles. The van der Waals surface area contributed by atoms with Crippen LogP contribution in [0.2, 0.25) is 0 Å². The summed E-state index contributed by atoms with van der Waals surface area (Å²) >= 11 is 0. The average molecular weight is 315 g/mol. The van der Waals surface area contributed by atoms with E-state index in [1.807, 2.05) is 41.0 Å². The Bertz CT molecular complexity index is 573. The predicted molar refractivity (Wildman–Crippen MR) is 89.3 cm³/mol. The first-order valence-corrected chi connectivity index (χ1v) is 8.49. The SMILES string of the molecule is Cc1cccc(C(=O)N2CCN(CC(=O)N3CCCC3)CC2)c1. The number of nitrogens with zero attached hydrogens (tertiary/aromatic N) is 3. The number of benzene rings is 1. The smallest absolute Gasteiger partial charge is 0.253 e. The summed E-state index contributed by atoms with van der Waals surface area (Å²) in [5.41, 5.74) is 1.86. The van der Waals surface area contributed by atoms with Crippen molar-refractivity contribution in [3.63, 3.8) is 0 Å². The minimum atomic E-state index is 0.0965. The monoisotopic (exact) mass is 315 g/mol. The molecule has 0 spiro atoms. The van der Waals surface area contributed by atoms with Crippen molar-refractivity contribution in [2.45, 2.75) is 19.8 Å². The third-order valence-electron chi connectivity index (χ3n) is 4.74. The van der Waals surface area contributed by atoms with Gasteiger partial charge in [-0.2, -0.15) is 0 Å². The molecule has 2 amide bonds. The van der Waals surface area contributed by atoms with Crippen LogP contribution in [0.1, 0.15) is 28.8 Å². The van der Waals surface area contributed by atoms with Crippen LogP contribution in [0.3, 0.4) is 0 Å². The van der Waals surface area contributed by atoms with Gasteiger partial charge in [0.25, 0.3) is 5.91 Å². The Morgan fingerprint density at radius 3 is 2.30 bits per heavy atom. The Morgan fingerprint density at radius 2 is 1.65 bits per heavy atom. The number of hydrogen-bond donors (Lipinski definition) is 0. The van der Waals surface area contributed by atoms with E-state index in [1.165, 1.54) is 0 Å². The summed E-state index contributed by atoms with van der Waals surface area (Å²) in [5.74, 6) is 0.334. The lowest BCUT2D eigenvalue weighted by atomic mass is 10.1. The number of aryl methyl sites for hydroxylation is 1. The zero-order valence-electron chi connectivity index (χ0n) is 13.8. The minimum absolute atomic E-state index is 0.0965. The molecule has 0 saturated carbocycles. The molecule has 0 atom stereocenters. The van der Waals surface area contributed by atoms with Gasteiger partial charge in [0, 0.05) is 44.8 Å². The molecule has 0 aromatic heterocycles. The molecular weight excluding hydrogens is 290 g/mol. The van der Waals surface area contributed by atoms with Crippen LogP contribution in [0.4, 0.5) is 0 Å². The maximum atomic E-state index is 12.5. The number of hydrogen-bond acceptors (Lipinski definition) is 3. The van der Waals surface area contributed by atoms with Crippen LogP contribution in [0.15, 0.2) is 24.3 Å². The van der Waals surface area contributed by atoms with Crippen molar-refractivity contribution in [2.75, 3.05) is 45.8 Å². The lowest BCUT2D eigenvalue weighted by Gasteiger charge is -2.35. The Balaban J connectivity index is 1.50. The standard InChI is InChI=1S/C18H25N3O2/c1-15-5-4-6-16(13-15)18(23)21-11-9-19(10-12-21)14-17(22)20-7-2-3-8-20/h4-6,13H,2-3,7-12,14H2,1H3. The van der Waals surface area contributed by atoms with Crippen LogP contribution < -0.4 is 0 Å². The first-order valence-electron chi connectivity index (χ1n) is 8.49. The summed E-state index contributed by atoms with van der Waals surface area (Å²) in [6.45, 7) is 7.24. The Kier molecular flexibility index (Phi) is 4.96. The quantitative estimate of drug-likeness (QED) is 0.846. The van der Waals surface area contributed by atoms with Crippen LogP contribution >= 0.6 is 0 Å². The van der Waals surface area contributed by atoms with Gasteiger partial charge in [-0.1, -0.05) is 17.7 Å². The third kappa shape index (κ3) is 3.91. The molecule has 124 valence electrons. The predicted octanol–water partition coefficient (Wildman–Crippen LogP) is 1.38. The molecule has 1 aromatic rings. The van der Waals surface area contributed by atoms with Crippen molar-refractivity contribution in [3.05, 3.63) is 35.4 Å². The van der Waals surface area contributed by atoms with Crippen molar-refractivity contribution in [1.29, 1.82) is 0 Å². The zero-order valence-corrected chi connectivity index (χ0v) is 13.8. The molecule has 2 aliphatic heterocycles. The fraction of sp³-hybridized carbons (Fsp3) is 0.556. The van der Waals surface area contributed by atoms with Crippen LogP contribution in [0.5, 0.6) is 0 Å². The Hall–Kier alpha value is -1.88. The Labute approximate surface area is 137 Å². The summed E-state index contributed by atoms with van der Waals surface area (Å²) in [5, 5.41) is 0. The van der Waals surface area contributed by atoms with Gasteiger partial charge in [-0.25, -0.2) is 0 Å². The molecule has 0 unspecified atom stereocenters. The highest BCUT2D eigenvalue weighted by atomic mass is 16.2. The van der Waals surface area contributed by atoms with Crippen molar-refractivity contribution >= 4 is 11.8 Å². The van der Waals surface area contributed by atoms with Gasteiger partial charge in [0.15, 0.2) is 0 Å².